The minimum absolute atomic E-state index is 0.221. The molecule has 32 heavy (non-hydrogen) atoms. The van der Waals surface area contributed by atoms with Crippen LogP contribution in [0.1, 0.15) is 35.1 Å². The van der Waals surface area contributed by atoms with Crippen LogP contribution in [0.3, 0.4) is 0 Å². The van der Waals surface area contributed by atoms with Crippen molar-refractivity contribution < 1.29 is 19.4 Å². The molecule has 0 saturated carbocycles. The number of carbonyl (C=O) groups excluding carboxylic acids is 2. The highest BCUT2D eigenvalue weighted by Gasteiger charge is 2.68. The molecule has 0 unspecified atom stereocenters. The number of benzene rings is 3. The number of hydrogen-bond acceptors (Lipinski definition) is 4. The van der Waals surface area contributed by atoms with Crippen molar-refractivity contribution in [3.05, 3.63) is 95.1 Å². The molecule has 1 heterocycles. The first-order valence-electron chi connectivity index (χ1n) is 11.0. The summed E-state index contributed by atoms with van der Waals surface area (Å²) in [6.07, 6.45) is 0. The van der Waals surface area contributed by atoms with Gasteiger partial charge in [-0.25, -0.2) is 4.90 Å². The molecule has 1 fully saturated rings. The van der Waals surface area contributed by atoms with E-state index in [2.05, 4.69) is 0 Å². The fourth-order valence-electron chi connectivity index (χ4n) is 6.35. The number of anilines is 1. The summed E-state index contributed by atoms with van der Waals surface area (Å²) in [5.74, 6) is -1.43. The van der Waals surface area contributed by atoms with Crippen LogP contribution in [0.2, 0.25) is 0 Å². The van der Waals surface area contributed by atoms with Crippen LogP contribution in [0.5, 0.6) is 5.75 Å². The summed E-state index contributed by atoms with van der Waals surface area (Å²) in [5, 5.41) is 10.9. The van der Waals surface area contributed by atoms with Crippen LogP contribution in [-0.4, -0.2) is 30.1 Å². The molecule has 2 atom stereocenters. The number of ether oxygens (including phenoxy) is 1. The summed E-state index contributed by atoms with van der Waals surface area (Å²) >= 11 is 0. The van der Waals surface area contributed by atoms with Gasteiger partial charge in [-0.05, 0) is 41.3 Å². The minimum Gasteiger partial charge on any atom is -0.492 e. The lowest BCUT2D eigenvalue weighted by Crippen LogP contribution is -2.55. The molecule has 4 aliphatic rings. The summed E-state index contributed by atoms with van der Waals surface area (Å²) in [6, 6.07) is 23.0. The van der Waals surface area contributed by atoms with Gasteiger partial charge in [0.15, 0.2) is 0 Å². The van der Waals surface area contributed by atoms with Crippen LogP contribution in [-0.2, 0) is 15.0 Å². The van der Waals surface area contributed by atoms with E-state index in [1.165, 1.54) is 4.90 Å². The van der Waals surface area contributed by atoms with Crippen molar-refractivity contribution in [3.8, 4) is 5.75 Å². The van der Waals surface area contributed by atoms with Crippen molar-refractivity contribution in [2.24, 2.45) is 11.8 Å². The quantitative estimate of drug-likeness (QED) is 0.649. The SMILES string of the molecule is CCOc1ccccc1N1C(=O)[C@@H]2C3c4ccccc4C(CO)(c4ccccc43)[C@@H]2C1=O. The topological polar surface area (TPSA) is 66.8 Å². The molecule has 3 aliphatic carbocycles. The number of hydrogen-bond donors (Lipinski definition) is 1. The first-order valence-corrected chi connectivity index (χ1v) is 11.0. The molecule has 5 heteroatoms. The van der Waals surface area contributed by atoms with Gasteiger partial charge in [-0.1, -0.05) is 60.7 Å². The number of rotatable bonds is 4. The minimum atomic E-state index is -0.950. The number of aliphatic hydroxyl groups is 1. The van der Waals surface area contributed by atoms with Gasteiger partial charge in [-0.3, -0.25) is 9.59 Å². The molecule has 2 amide bonds. The molecule has 0 radical (unpaired) electrons. The fraction of sp³-hybridized carbons (Fsp3) is 0.259. The third-order valence-electron chi connectivity index (χ3n) is 7.45. The number of carbonyl (C=O) groups is 2. The molecule has 0 spiro atoms. The lowest BCUT2D eigenvalue weighted by atomic mass is 9.47. The Morgan fingerprint density at radius 2 is 1.47 bits per heavy atom. The van der Waals surface area contributed by atoms with E-state index in [0.29, 0.717) is 18.0 Å². The Balaban J connectivity index is 1.61. The standard InChI is InChI=1S/C27H23NO4/c1-2-32-21-14-8-7-13-20(21)28-25(30)23-22-16-9-3-5-11-18(16)27(15-29,24(23)26(28)31)19-12-6-4-10-17(19)22/h3-14,22-24,29H,2,15H2,1H3/t22?,23-,24+,27?/m1/s1. The van der Waals surface area contributed by atoms with E-state index >= 15 is 0 Å². The van der Waals surface area contributed by atoms with E-state index in [-0.39, 0.29) is 24.3 Å². The molecule has 0 aromatic heterocycles. The Labute approximate surface area is 186 Å². The van der Waals surface area contributed by atoms with Gasteiger partial charge >= 0.3 is 0 Å². The normalized spacial score (nSPS) is 27.2. The van der Waals surface area contributed by atoms with Gasteiger partial charge in [0.25, 0.3) is 0 Å². The molecule has 1 aliphatic heterocycles. The lowest BCUT2D eigenvalue weighted by molar-refractivity contribution is -0.124. The Hall–Kier alpha value is -3.44. The summed E-state index contributed by atoms with van der Waals surface area (Å²) in [6.45, 7) is 2.06. The van der Waals surface area contributed by atoms with Crippen LogP contribution in [0.15, 0.2) is 72.8 Å². The summed E-state index contributed by atoms with van der Waals surface area (Å²) in [4.78, 5) is 29.3. The highest BCUT2D eigenvalue weighted by Crippen LogP contribution is 2.64. The van der Waals surface area contributed by atoms with E-state index in [0.717, 1.165) is 22.3 Å². The first-order chi connectivity index (χ1) is 15.6. The van der Waals surface area contributed by atoms with E-state index in [1.807, 2.05) is 61.5 Å². The van der Waals surface area contributed by atoms with E-state index in [1.54, 1.807) is 18.2 Å². The average molecular weight is 425 g/mol. The zero-order chi connectivity index (χ0) is 22.0. The van der Waals surface area contributed by atoms with Crippen LogP contribution in [0.4, 0.5) is 5.69 Å². The molecule has 1 N–H and O–H groups in total. The van der Waals surface area contributed by atoms with Crippen molar-refractivity contribution in [3.63, 3.8) is 0 Å². The van der Waals surface area contributed by atoms with Crippen LogP contribution in [0, 0.1) is 11.8 Å². The van der Waals surface area contributed by atoms with Gasteiger partial charge in [0.2, 0.25) is 11.8 Å². The monoisotopic (exact) mass is 425 g/mol. The molecule has 160 valence electrons. The van der Waals surface area contributed by atoms with Gasteiger partial charge in [0.1, 0.15) is 5.75 Å². The van der Waals surface area contributed by atoms with Crippen molar-refractivity contribution >= 4 is 17.5 Å². The van der Waals surface area contributed by atoms with Gasteiger partial charge in [-0.2, -0.15) is 0 Å². The van der Waals surface area contributed by atoms with Crippen molar-refractivity contribution in [2.45, 2.75) is 18.3 Å². The second-order valence-electron chi connectivity index (χ2n) is 8.70. The number of imide groups is 1. The molecule has 1 saturated heterocycles. The molecular weight excluding hydrogens is 402 g/mol. The van der Waals surface area contributed by atoms with Crippen LogP contribution in [0.25, 0.3) is 0 Å². The maximum atomic E-state index is 14.0. The lowest BCUT2D eigenvalue weighted by Gasteiger charge is -2.53. The maximum absolute atomic E-state index is 14.0. The third kappa shape index (κ3) is 2.16. The zero-order valence-electron chi connectivity index (χ0n) is 17.7. The van der Waals surface area contributed by atoms with Crippen molar-refractivity contribution in [2.75, 3.05) is 18.1 Å². The van der Waals surface area contributed by atoms with Gasteiger partial charge < -0.3 is 9.84 Å². The number of amides is 2. The predicted molar refractivity (Wildman–Crippen MR) is 120 cm³/mol. The Bertz CT molecular complexity index is 1220. The van der Waals surface area contributed by atoms with Crippen LogP contribution >= 0.6 is 0 Å². The largest absolute Gasteiger partial charge is 0.492 e. The van der Waals surface area contributed by atoms with Crippen molar-refractivity contribution in [1.29, 1.82) is 0 Å². The highest BCUT2D eigenvalue weighted by molar-refractivity contribution is 6.24. The Kier molecular flexibility index (Phi) is 4.08. The number of aliphatic hydroxyl groups excluding tert-OH is 1. The molecule has 3 aromatic rings. The molecular formula is C27H23NO4. The van der Waals surface area contributed by atoms with Crippen molar-refractivity contribution in [1.82, 2.24) is 0 Å². The van der Waals surface area contributed by atoms with Gasteiger partial charge in [0.05, 0.1) is 36.2 Å². The van der Waals surface area contributed by atoms with E-state index < -0.39 is 17.3 Å². The van der Waals surface area contributed by atoms with Gasteiger partial charge in [-0.15, -0.1) is 0 Å². The molecule has 7 rings (SSSR count). The first kappa shape index (κ1) is 19.3. The van der Waals surface area contributed by atoms with E-state index in [9.17, 15) is 14.7 Å². The number of para-hydroxylation sites is 2. The third-order valence-corrected chi connectivity index (χ3v) is 7.45. The van der Waals surface area contributed by atoms with Gasteiger partial charge in [0, 0.05) is 5.92 Å². The predicted octanol–water partition coefficient (Wildman–Crippen LogP) is 3.63. The Morgan fingerprint density at radius 1 is 0.875 bits per heavy atom. The van der Waals surface area contributed by atoms with Crippen LogP contribution < -0.4 is 9.64 Å². The molecule has 3 aromatic carbocycles. The number of nitrogens with zero attached hydrogens (tertiary/aromatic N) is 1. The summed E-state index contributed by atoms with van der Waals surface area (Å²) in [5.41, 5.74) is 3.49. The molecule has 5 nitrogen and oxygen atoms in total. The summed E-state index contributed by atoms with van der Waals surface area (Å²) in [7, 11) is 0. The molecule has 2 bridgehead atoms. The smallest absolute Gasteiger partial charge is 0.239 e. The second kappa shape index (κ2) is 6.78. The van der Waals surface area contributed by atoms with E-state index in [4.69, 9.17) is 4.74 Å². The fourth-order valence-corrected chi connectivity index (χ4v) is 6.35. The second-order valence-corrected chi connectivity index (χ2v) is 8.70. The zero-order valence-corrected chi connectivity index (χ0v) is 17.7. The maximum Gasteiger partial charge on any atom is 0.239 e. The summed E-state index contributed by atoms with van der Waals surface area (Å²) < 4.78 is 5.75. The average Bonchev–Trinajstić information content (AvgIpc) is 3.10. The highest BCUT2D eigenvalue weighted by atomic mass is 16.5. The Morgan fingerprint density at radius 3 is 2.09 bits per heavy atom.